The first kappa shape index (κ1) is 12.0. The number of benzene rings is 1. The fourth-order valence-electron chi connectivity index (χ4n) is 1.48. The van der Waals surface area contributed by atoms with Gasteiger partial charge < -0.3 is 10.6 Å². The van der Waals surface area contributed by atoms with E-state index in [0.29, 0.717) is 21.3 Å². The van der Waals surface area contributed by atoms with Gasteiger partial charge >= 0.3 is 0 Å². The van der Waals surface area contributed by atoms with Crippen molar-refractivity contribution in [3.05, 3.63) is 45.6 Å². The number of nitrogens with zero attached hydrogens (tertiary/aromatic N) is 1. The fourth-order valence-corrected chi connectivity index (χ4v) is 2.35. The van der Waals surface area contributed by atoms with E-state index in [2.05, 4.69) is 0 Å². The maximum Gasteiger partial charge on any atom is 0.268 e. The highest BCUT2D eigenvalue weighted by molar-refractivity contribution is 7.12. The number of carbonyl (C=O) groups is 1. The van der Waals surface area contributed by atoms with Crippen molar-refractivity contribution in [3.63, 3.8) is 0 Å². The summed E-state index contributed by atoms with van der Waals surface area (Å²) in [6, 6.07) is 8.69. The third kappa shape index (κ3) is 2.43. The van der Waals surface area contributed by atoms with Crippen molar-refractivity contribution in [2.75, 3.05) is 17.7 Å². The molecule has 0 bridgehead atoms. The number of carbonyl (C=O) groups excluding carboxylic acids is 1. The van der Waals surface area contributed by atoms with Crippen LogP contribution in [0.25, 0.3) is 0 Å². The Labute approximate surface area is 108 Å². The molecule has 1 amide bonds. The molecule has 0 aliphatic heterocycles. The first-order valence-electron chi connectivity index (χ1n) is 4.96. The summed E-state index contributed by atoms with van der Waals surface area (Å²) in [5, 5.41) is 2.42. The summed E-state index contributed by atoms with van der Waals surface area (Å²) < 4.78 is 0. The van der Waals surface area contributed by atoms with Crippen LogP contribution in [0.5, 0.6) is 0 Å². The van der Waals surface area contributed by atoms with Crippen LogP contribution in [0, 0.1) is 0 Å². The molecule has 0 radical (unpaired) electrons. The molecule has 0 spiro atoms. The van der Waals surface area contributed by atoms with Gasteiger partial charge in [-0.2, -0.15) is 0 Å². The average molecular weight is 267 g/mol. The summed E-state index contributed by atoms with van der Waals surface area (Å²) in [6.45, 7) is 0. The summed E-state index contributed by atoms with van der Waals surface area (Å²) in [6.07, 6.45) is 0. The second-order valence-corrected chi connectivity index (χ2v) is 4.93. The van der Waals surface area contributed by atoms with Gasteiger partial charge in [0.25, 0.3) is 5.91 Å². The van der Waals surface area contributed by atoms with Crippen molar-refractivity contribution in [2.24, 2.45) is 0 Å². The first-order chi connectivity index (χ1) is 8.09. The van der Waals surface area contributed by atoms with E-state index >= 15 is 0 Å². The molecule has 0 aliphatic rings. The lowest BCUT2D eigenvalue weighted by molar-refractivity contribution is 0.0997. The van der Waals surface area contributed by atoms with Crippen LogP contribution < -0.4 is 10.6 Å². The molecule has 0 unspecified atom stereocenters. The Morgan fingerprint density at radius 2 is 2.18 bits per heavy atom. The van der Waals surface area contributed by atoms with E-state index in [1.165, 1.54) is 16.2 Å². The second-order valence-electron chi connectivity index (χ2n) is 3.54. The van der Waals surface area contributed by atoms with E-state index in [9.17, 15) is 4.79 Å². The highest BCUT2D eigenvalue weighted by Gasteiger charge is 2.16. The number of hydrogen-bond acceptors (Lipinski definition) is 3. The molecule has 1 heterocycles. The minimum Gasteiger partial charge on any atom is -0.397 e. The highest BCUT2D eigenvalue weighted by atomic mass is 35.5. The van der Waals surface area contributed by atoms with E-state index in [4.69, 9.17) is 17.3 Å². The van der Waals surface area contributed by atoms with E-state index < -0.39 is 0 Å². The predicted octanol–water partition coefficient (Wildman–Crippen LogP) is 3.26. The lowest BCUT2D eigenvalue weighted by atomic mass is 10.2. The summed E-state index contributed by atoms with van der Waals surface area (Å²) in [7, 11) is 1.68. The third-order valence-electron chi connectivity index (χ3n) is 2.39. The maximum absolute atomic E-state index is 12.1. The molecule has 2 aromatic rings. The van der Waals surface area contributed by atoms with Crippen molar-refractivity contribution < 1.29 is 4.79 Å². The molecule has 0 aliphatic carbocycles. The predicted molar refractivity (Wildman–Crippen MR) is 72.9 cm³/mol. The van der Waals surface area contributed by atoms with E-state index in [1.54, 1.807) is 31.3 Å². The number of anilines is 2. The van der Waals surface area contributed by atoms with Crippen LogP contribution >= 0.6 is 22.9 Å². The third-order valence-corrected chi connectivity index (χ3v) is 3.48. The summed E-state index contributed by atoms with van der Waals surface area (Å²) >= 11 is 7.30. The number of nitrogens with two attached hydrogens (primary N) is 1. The van der Waals surface area contributed by atoms with Gasteiger partial charge in [-0.25, -0.2) is 0 Å². The molecule has 0 atom stereocenters. The zero-order valence-electron chi connectivity index (χ0n) is 9.18. The molecule has 0 saturated carbocycles. The largest absolute Gasteiger partial charge is 0.397 e. The zero-order valence-corrected chi connectivity index (χ0v) is 10.8. The van der Waals surface area contributed by atoms with Crippen molar-refractivity contribution >= 4 is 40.2 Å². The molecule has 3 nitrogen and oxygen atoms in total. The van der Waals surface area contributed by atoms with Gasteiger partial charge in [-0.1, -0.05) is 17.7 Å². The molecule has 17 heavy (non-hydrogen) atoms. The summed E-state index contributed by atoms with van der Waals surface area (Å²) in [5.74, 6) is -0.0889. The lowest BCUT2D eigenvalue weighted by Gasteiger charge is -2.18. The molecular weight excluding hydrogens is 256 g/mol. The van der Waals surface area contributed by atoms with Crippen LogP contribution in [-0.4, -0.2) is 13.0 Å². The number of thiophene rings is 1. The molecular formula is C12H11ClN2OS. The van der Waals surface area contributed by atoms with Crippen LogP contribution in [0.3, 0.4) is 0 Å². The number of amides is 1. The van der Waals surface area contributed by atoms with Crippen molar-refractivity contribution in [1.29, 1.82) is 0 Å². The smallest absolute Gasteiger partial charge is 0.268 e. The molecule has 5 heteroatoms. The molecule has 0 fully saturated rings. The number of rotatable bonds is 2. The Hall–Kier alpha value is -1.52. The van der Waals surface area contributed by atoms with Crippen molar-refractivity contribution in [1.82, 2.24) is 0 Å². The van der Waals surface area contributed by atoms with E-state index in [0.717, 1.165) is 0 Å². The zero-order chi connectivity index (χ0) is 12.4. The van der Waals surface area contributed by atoms with Gasteiger partial charge in [-0.05, 0) is 29.6 Å². The number of hydrogen-bond donors (Lipinski definition) is 1. The SMILES string of the molecule is CN(C(=O)c1cccs1)c1cc(Cl)ccc1N. The quantitative estimate of drug-likeness (QED) is 0.848. The Morgan fingerprint density at radius 1 is 1.41 bits per heavy atom. The monoisotopic (exact) mass is 266 g/mol. The Morgan fingerprint density at radius 3 is 2.82 bits per heavy atom. The number of nitrogen functional groups attached to an aromatic ring is 1. The first-order valence-corrected chi connectivity index (χ1v) is 6.22. The van der Waals surface area contributed by atoms with Gasteiger partial charge in [0.2, 0.25) is 0 Å². The van der Waals surface area contributed by atoms with Gasteiger partial charge in [0, 0.05) is 12.1 Å². The highest BCUT2D eigenvalue weighted by Crippen LogP contribution is 2.27. The standard InChI is InChI=1S/C12H11ClN2OS/c1-15(12(16)11-3-2-6-17-11)10-7-8(13)4-5-9(10)14/h2-7H,14H2,1H3. The van der Waals surface area contributed by atoms with Crippen LogP contribution in [0.1, 0.15) is 9.67 Å². The Balaban J connectivity index is 2.34. The molecule has 0 saturated heterocycles. The minimum absolute atomic E-state index is 0.0889. The maximum atomic E-state index is 12.1. The van der Waals surface area contributed by atoms with Crippen molar-refractivity contribution in [2.45, 2.75) is 0 Å². The van der Waals surface area contributed by atoms with Crippen LogP contribution in [0.15, 0.2) is 35.7 Å². The van der Waals surface area contributed by atoms with E-state index in [-0.39, 0.29) is 5.91 Å². The summed E-state index contributed by atoms with van der Waals surface area (Å²) in [4.78, 5) is 14.3. The van der Waals surface area contributed by atoms with Crippen LogP contribution in [0.4, 0.5) is 11.4 Å². The Kier molecular flexibility index (Phi) is 3.36. The second kappa shape index (κ2) is 4.77. The summed E-state index contributed by atoms with van der Waals surface area (Å²) in [5.41, 5.74) is 6.98. The van der Waals surface area contributed by atoms with E-state index in [1.807, 2.05) is 11.4 Å². The van der Waals surface area contributed by atoms with Gasteiger partial charge in [0.15, 0.2) is 0 Å². The molecule has 88 valence electrons. The normalized spacial score (nSPS) is 10.2. The van der Waals surface area contributed by atoms with Gasteiger partial charge in [-0.3, -0.25) is 4.79 Å². The minimum atomic E-state index is -0.0889. The van der Waals surface area contributed by atoms with Gasteiger partial charge in [0.05, 0.1) is 16.3 Å². The van der Waals surface area contributed by atoms with Crippen molar-refractivity contribution in [3.8, 4) is 0 Å². The Bertz CT molecular complexity index is 539. The lowest BCUT2D eigenvalue weighted by Crippen LogP contribution is -2.26. The molecule has 2 N–H and O–H groups in total. The van der Waals surface area contributed by atoms with Gasteiger partial charge in [-0.15, -0.1) is 11.3 Å². The molecule has 1 aromatic heterocycles. The van der Waals surface area contributed by atoms with Crippen LogP contribution in [0.2, 0.25) is 5.02 Å². The fraction of sp³-hybridized carbons (Fsp3) is 0.0833. The molecule has 1 aromatic carbocycles. The average Bonchev–Trinajstić information content (AvgIpc) is 2.84. The van der Waals surface area contributed by atoms with Gasteiger partial charge in [0.1, 0.15) is 0 Å². The number of halogens is 1. The molecule has 2 rings (SSSR count). The van der Waals surface area contributed by atoms with Crippen LogP contribution in [-0.2, 0) is 0 Å². The topological polar surface area (TPSA) is 46.3 Å².